The zero-order valence-corrected chi connectivity index (χ0v) is 12.4. The van der Waals surface area contributed by atoms with Crippen molar-refractivity contribution in [1.29, 1.82) is 0 Å². The first-order valence-corrected chi connectivity index (χ1v) is 6.77. The predicted octanol–water partition coefficient (Wildman–Crippen LogP) is 1.60. The van der Waals surface area contributed by atoms with Gasteiger partial charge in [-0.15, -0.1) is 0 Å². The second-order valence-electron chi connectivity index (χ2n) is 4.64. The van der Waals surface area contributed by atoms with Crippen molar-refractivity contribution in [2.45, 2.75) is 13.0 Å². The number of hydrogen-bond donors (Lipinski definition) is 2. The number of hydrogen-bond acceptors (Lipinski definition) is 4. The number of rotatable bonds is 4. The molecule has 1 amide bonds. The summed E-state index contributed by atoms with van der Waals surface area (Å²) in [5.41, 5.74) is 0.755. The lowest BCUT2D eigenvalue weighted by Gasteiger charge is -2.17. The Morgan fingerprint density at radius 2 is 2.25 bits per heavy atom. The van der Waals surface area contributed by atoms with Crippen LogP contribution in [0.2, 0.25) is 0 Å². The highest BCUT2D eigenvalue weighted by molar-refractivity contribution is 9.10. The minimum Gasteiger partial charge on any atom is -0.503 e. The summed E-state index contributed by atoms with van der Waals surface area (Å²) in [4.78, 5) is 24.2. The second kappa shape index (κ2) is 5.70. The van der Waals surface area contributed by atoms with E-state index in [-0.39, 0.29) is 31.2 Å². The Labute approximate surface area is 124 Å². The predicted molar refractivity (Wildman–Crippen MR) is 73.5 cm³/mol. The van der Waals surface area contributed by atoms with Crippen molar-refractivity contribution in [3.05, 3.63) is 22.2 Å². The van der Waals surface area contributed by atoms with Crippen LogP contribution in [-0.4, -0.2) is 40.6 Å². The molecule has 0 saturated carbocycles. The summed E-state index contributed by atoms with van der Waals surface area (Å²) in [6.07, 6.45) is 0.0335. The lowest BCUT2D eigenvalue weighted by Crippen LogP contribution is -2.25. The molecule has 0 aliphatic carbocycles. The van der Waals surface area contributed by atoms with Gasteiger partial charge in [0.25, 0.3) is 0 Å². The molecule has 0 bridgehead atoms. The summed E-state index contributed by atoms with van der Waals surface area (Å²) in [6, 6.07) is 3.31. The number of carboxylic acids is 1. The largest absolute Gasteiger partial charge is 0.503 e. The number of carbonyl (C=O) groups is 2. The minimum atomic E-state index is -0.953. The van der Waals surface area contributed by atoms with Crippen molar-refractivity contribution in [3.63, 3.8) is 0 Å². The number of phenols is 1. The third kappa shape index (κ3) is 2.87. The van der Waals surface area contributed by atoms with Crippen molar-refractivity contribution in [1.82, 2.24) is 4.90 Å². The van der Waals surface area contributed by atoms with Crippen molar-refractivity contribution >= 4 is 27.8 Å². The Morgan fingerprint density at radius 3 is 2.80 bits per heavy atom. The molecule has 1 saturated heterocycles. The molecule has 0 radical (unpaired) electrons. The summed E-state index contributed by atoms with van der Waals surface area (Å²) < 4.78 is 5.51. The molecule has 0 spiro atoms. The summed E-state index contributed by atoms with van der Waals surface area (Å²) in [5.74, 6) is -1.49. The monoisotopic (exact) mass is 343 g/mol. The first-order chi connectivity index (χ1) is 9.42. The number of aliphatic carboxylic acids is 1. The molecule has 2 N–H and O–H groups in total. The molecule has 6 nitrogen and oxygen atoms in total. The van der Waals surface area contributed by atoms with Crippen LogP contribution < -0.4 is 4.74 Å². The molecule has 1 atom stereocenters. The van der Waals surface area contributed by atoms with E-state index < -0.39 is 11.9 Å². The van der Waals surface area contributed by atoms with Crippen LogP contribution in [0.4, 0.5) is 0 Å². The number of nitrogens with zero attached hydrogens (tertiary/aromatic N) is 1. The Bertz CT molecular complexity index is 560. The number of ether oxygens (including phenoxy) is 1. The lowest BCUT2D eigenvalue weighted by molar-refractivity contribution is -0.141. The maximum Gasteiger partial charge on any atom is 0.308 e. The van der Waals surface area contributed by atoms with E-state index in [9.17, 15) is 14.7 Å². The summed E-state index contributed by atoms with van der Waals surface area (Å²) in [5, 5.41) is 18.7. The van der Waals surface area contributed by atoms with E-state index in [1.807, 2.05) is 0 Å². The van der Waals surface area contributed by atoms with Crippen LogP contribution >= 0.6 is 15.9 Å². The molecular weight excluding hydrogens is 330 g/mol. The molecule has 0 unspecified atom stereocenters. The van der Waals surface area contributed by atoms with Crippen LogP contribution in [0.3, 0.4) is 0 Å². The number of methoxy groups -OCH3 is 1. The van der Waals surface area contributed by atoms with Crippen LogP contribution in [0.5, 0.6) is 11.5 Å². The maximum absolute atomic E-state index is 11.8. The molecule has 1 fully saturated rings. The first-order valence-electron chi connectivity index (χ1n) is 5.98. The van der Waals surface area contributed by atoms with Gasteiger partial charge in [-0.2, -0.15) is 0 Å². The number of likely N-dealkylation sites (tertiary alicyclic amines) is 1. The molecule has 1 heterocycles. The number of benzene rings is 1. The Morgan fingerprint density at radius 1 is 1.55 bits per heavy atom. The summed E-state index contributed by atoms with van der Waals surface area (Å²) in [6.45, 7) is 0.493. The van der Waals surface area contributed by atoms with Gasteiger partial charge in [0.1, 0.15) is 0 Å². The molecular formula is C13H14BrNO5. The van der Waals surface area contributed by atoms with Gasteiger partial charge in [-0.1, -0.05) is 0 Å². The third-order valence-electron chi connectivity index (χ3n) is 3.25. The van der Waals surface area contributed by atoms with Crippen molar-refractivity contribution in [3.8, 4) is 11.5 Å². The van der Waals surface area contributed by atoms with E-state index in [0.717, 1.165) is 5.56 Å². The minimum absolute atomic E-state index is 0.00703. The average Bonchev–Trinajstić information content (AvgIpc) is 2.75. The molecule has 1 aliphatic heterocycles. The van der Waals surface area contributed by atoms with Gasteiger partial charge in [-0.05, 0) is 33.6 Å². The first kappa shape index (κ1) is 14.6. The fourth-order valence-corrected chi connectivity index (χ4v) is 2.67. The van der Waals surface area contributed by atoms with E-state index in [2.05, 4.69) is 15.9 Å². The zero-order chi connectivity index (χ0) is 14.9. The van der Waals surface area contributed by atoms with Crippen LogP contribution in [0, 0.1) is 5.92 Å². The normalized spacial score (nSPS) is 18.4. The highest BCUT2D eigenvalue weighted by atomic mass is 79.9. The van der Waals surface area contributed by atoms with Crippen molar-refractivity contribution in [2.75, 3.05) is 13.7 Å². The second-order valence-corrected chi connectivity index (χ2v) is 5.50. The third-order valence-corrected chi connectivity index (χ3v) is 3.85. The number of amides is 1. The zero-order valence-electron chi connectivity index (χ0n) is 10.8. The maximum atomic E-state index is 11.8. The van der Waals surface area contributed by atoms with Gasteiger partial charge in [0.15, 0.2) is 11.5 Å². The van der Waals surface area contributed by atoms with Crippen molar-refractivity contribution < 1.29 is 24.5 Å². The van der Waals surface area contributed by atoms with Gasteiger partial charge >= 0.3 is 5.97 Å². The van der Waals surface area contributed by atoms with Crippen molar-refractivity contribution in [2.24, 2.45) is 5.92 Å². The van der Waals surface area contributed by atoms with Gasteiger partial charge in [0, 0.05) is 19.5 Å². The SMILES string of the molecule is COc1cc(CN2C[C@H](C(=O)O)CC2=O)cc(Br)c1O. The highest BCUT2D eigenvalue weighted by Crippen LogP contribution is 2.35. The van der Waals surface area contributed by atoms with Gasteiger partial charge in [-0.25, -0.2) is 0 Å². The van der Waals surface area contributed by atoms with Gasteiger partial charge < -0.3 is 19.8 Å². The van der Waals surface area contributed by atoms with Gasteiger partial charge in [0.05, 0.1) is 17.5 Å². The molecule has 0 aromatic heterocycles. The van der Waals surface area contributed by atoms with E-state index in [1.54, 1.807) is 12.1 Å². The number of carbonyl (C=O) groups excluding carboxylic acids is 1. The lowest BCUT2D eigenvalue weighted by atomic mass is 10.1. The Kier molecular flexibility index (Phi) is 4.17. The topological polar surface area (TPSA) is 87.1 Å². The smallest absolute Gasteiger partial charge is 0.308 e. The van der Waals surface area contributed by atoms with E-state index in [1.165, 1.54) is 12.0 Å². The average molecular weight is 344 g/mol. The van der Waals surface area contributed by atoms with Crippen LogP contribution in [0.25, 0.3) is 0 Å². The number of halogens is 1. The molecule has 1 aliphatic rings. The van der Waals surface area contributed by atoms with Gasteiger partial charge in [-0.3, -0.25) is 9.59 Å². The fraction of sp³-hybridized carbons (Fsp3) is 0.385. The molecule has 1 aromatic carbocycles. The Hall–Kier alpha value is -1.76. The Balaban J connectivity index is 2.17. The number of phenolic OH excluding ortho intramolecular Hbond substituents is 1. The van der Waals surface area contributed by atoms with Crippen LogP contribution in [-0.2, 0) is 16.1 Å². The summed E-state index contributed by atoms with van der Waals surface area (Å²) >= 11 is 3.21. The quantitative estimate of drug-likeness (QED) is 0.866. The highest BCUT2D eigenvalue weighted by Gasteiger charge is 2.34. The number of aromatic hydroxyl groups is 1. The van der Waals surface area contributed by atoms with E-state index in [4.69, 9.17) is 9.84 Å². The molecule has 1 aromatic rings. The standard InChI is InChI=1S/C13H14BrNO5/c1-20-10-3-7(2-9(14)12(10)17)5-15-6-8(13(18)19)4-11(15)16/h2-3,8,17H,4-6H2,1H3,(H,18,19)/t8-/m1/s1. The molecule has 108 valence electrons. The van der Waals surface area contributed by atoms with Crippen LogP contribution in [0.1, 0.15) is 12.0 Å². The summed E-state index contributed by atoms with van der Waals surface area (Å²) in [7, 11) is 1.44. The molecule has 7 heteroatoms. The number of carboxylic acid groups (broad SMARTS) is 1. The van der Waals surface area contributed by atoms with Gasteiger partial charge in [0.2, 0.25) is 5.91 Å². The van der Waals surface area contributed by atoms with Crippen LogP contribution in [0.15, 0.2) is 16.6 Å². The van der Waals surface area contributed by atoms with E-state index in [0.29, 0.717) is 10.2 Å². The van der Waals surface area contributed by atoms with E-state index >= 15 is 0 Å². The molecule has 2 rings (SSSR count). The molecule has 20 heavy (non-hydrogen) atoms. The fourth-order valence-electron chi connectivity index (χ4n) is 2.18.